The van der Waals surface area contributed by atoms with Crippen molar-refractivity contribution in [3.8, 4) is 0 Å². The van der Waals surface area contributed by atoms with Crippen molar-refractivity contribution < 1.29 is 4.39 Å². The molecule has 0 unspecified atom stereocenters. The Morgan fingerprint density at radius 1 is 1.20 bits per heavy atom. The number of halogens is 1. The Morgan fingerprint density at radius 2 is 1.93 bits per heavy atom. The van der Waals surface area contributed by atoms with Gasteiger partial charge in [0.25, 0.3) is 0 Å². The molecule has 2 rings (SSSR count). The number of rotatable bonds is 1. The van der Waals surface area contributed by atoms with Crippen LogP contribution in [-0.4, -0.2) is 12.0 Å². The third kappa shape index (κ3) is 1.65. The van der Waals surface area contributed by atoms with Gasteiger partial charge in [0.05, 0.1) is 0 Å². The number of benzene rings is 1. The molecule has 0 radical (unpaired) electrons. The molecular formula is C12H13FN2. The Bertz CT molecular complexity index is 521. The topological polar surface area (TPSA) is 24.9 Å². The highest BCUT2D eigenvalue weighted by molar-refractivity contribution is 5.82. The number of fused-ring (bicyclic) bond motifs is 1. The van der Waals surface area contributed by atoms with Gasteiger partial charge in [-0.2, -0.15) is 0 Å². The second kappa shape index (κ2) is 3.50. The van der Waals surface area contributed by atoms with E-state index in [1.807, 2.05) is 26.0 Å². The Morgan fingerprint density at radius 3 is 2.60 bits per heavy atom. The van der Waals surface area contributed by atoms with E-state index in [1.165, 1.54) is 6.07 Å². The standard InChI is InChI=1S/C12H13FN2/c1-7-4-9-6-8(2)12(14-3)15-11(9)10(13)5-7/h4-6H,1-3H3,(H,14,15). The van der Waals surface area contributed by atoms with E-state index in [2.05, 4.69) is 10.3 Å². The van der Waals surface area contributed by atoms with Crippen molar-refractivity contribution in [1.29, 1.82) is 0 Å². The molecule has 0 aliphatic rings. The number of anilines is 1. The summed E-state index contributed by atoms with van der Waals surface area (Å²) in [5.41, 5.74) is 2.36. The minimum Gasteiger partial charge on any atom is -0.373 e. The molecule has 0 saturated carbocycles. The fourth-order valence-corrected chi connectivity index (χ4v) is 1.74. The SMILES string of the molecule is CNc1nc2c(F)cc(C)cc2cc1C. The maximum absolute atomic E-state index is 13.6. The van der Waals surface area contributed by atoms with Gasteiger partial charge in [0.1, 0.15) is 17.2 Å². The van der Waals surface area contributed by atoms with E-state index in [1.54, 1.807) is 7.05 Å². The van der Waals surface area contributed by atoms with Gasteiger partial charge < -0.3 is 5.32 Å². The number of aryl methyl sites for hydroxylation is 2. The summed E-state index contributed by atoms with van der Waals surface area (Å²) in [6.45, 7) is 3.84. The fourth-order valence-electron chi connectivity index (χ4n) is 1.74. The summed E-state index contributed by atoms with van der Waals surface area (Å²) >= 11 is 0. The van der Waals surface area contributed by atoms with Crippen molar-refractivity contribution in [3.63, 3.8) is 0 Å². The van der Waals surface area contributed by atoms with Gasteiger partial charge in [-0.05, 0) is 43.2 Å². The normalized spacial score (nSPS) is 10.7. The van der Waals surface area contributed by atoms with Crippen LogP contribution in [-0.2, 0) is 0 Å². The van der Waals surface area contributed by atoms with Crippen LogP contribution in [0.4, 0.5) is 10.2 Å². The highest BCUT2D eigenvalue weighted by Crippen LogP contribution is 2.22. The Kier molecular flexibility index (Phi) is 2.31. The van der Waals surface area contributed by atoms with Crippen LogP contribution in [0.1, 0.15) is 11.1 Å². The minimum atomic E-state index is -0.262. The molecule has 2 nitrogen and oxygen atoms in total. The Hall–Kier alpha value is -1.64. The molecule has 0 aliphatic carbocycles. The lowest BCUT2D eigenvalue weighted by atomic mass is 10.1. The molecule has 0 atom stereocenters. The molecule has 1 heterocycles. The van der Waals surface area contributed by atoms with Gasteiger partial charge in [-0.3, -0.25) is 0 Å². The highest BCUT2D eigenvalue weighted by Gasteiger charge is 2.06. The Labute approximate surface area is 88.1 Å². The summed E-state index contributed by atoms with van der Waals surface area (Å²) in [6.07, 6.45) is 0. The van der Waals surface area contributed by atoms with Gasteiger partial charge in [0.15, 0.2) is 0 Å². The summed E-state index contributed by atoms with van der Waals surface area (Å²) in [4.78, 5) is 4.25. The van der Waals surface area contributed by atoms with Crippen LogP contribution < -0.4 is 5.32 Å². The molecule has 0 amide bonds. The monoisotopic (exact) mass is 204 g/mol. The van der Waals surface area contributed by atoms with Crippen molar-refractivity contribution in [2.45, 2.75) is 13.8 Å². The summed E-state index contributed by atoms with van der Waals surface area (Å²) in [7, 11) is 1.78. The van der Waals surface area contributed by atoms with Crippen LogP contribution >= 0.6 is 0 Å². The number of aromatic nitrogens is 1. The van der Waals surface area contributed by atoms with Gasteiger partial charge in [0.2, 0.25) is 0 Å². The van der Waals surface area contributed by atoms with Crippen molar-refractivity contribution >= 4 is 16.7 Å². The first-order valence-corrected chi connectivity index (χ1v) is 4.87. The second-order valence-electron chi connectivity index (χ2n) is 3.72. The van der Waals surface area contributed by atoms with E-state index in [9.17, 15) is 4.39 Å². The van der Waals surface area contributed by atoms with Crippen molar-refractivity contribution in [1.82, 2.24) is 4.98 Å². The summed E-state index contributed by atoms with van der Waals surface area (Å²) in [6, 6.07) is 5.40. The molecule has 1 aromatic carbocycles. The lowest BCUT2D eigenvalue weighted by molar-refractivity contribution is 0.636. The molecule has 0 aliphatic heterocycles. The number of nitrogens with zero attached hydrogens (tertiary/aromatic N) is 1. The third-order valence-electron chi connectivity index (χ3n) is 2.44. The lowest BCUT2D eigenvalue weighted by Crippen LogP contribution is -1.97. The van der Waals surface area contributed by atoms with Gasteiger partial charge in [-0.25, -0.2) is 9.37 Å². The van der Waals surface area contributed by atoms with E-state index < -0.39 is 0 Å². The molecule has 2 aromatic rings. The van der Waals surface area contributed by atoms with Crippen molar-refractivity contribution in [3.05, 3.63) is 35.1 Å². The van der Waals surface area contributed by atoms with E-state index in [0.29, 0.717) is 5.52 Å². The zero-order valence-corrected chi connectivity index (χ0v) is 9.06. The molecule has 0 bridgehead atoms. The molecule has 1 aromatic heterocycles. The van der Waals surface area contributed by atoms with Crippen molar-refractivity contribution in [2.24, 2.45) is 0 Å². The largest absolute Gasteiger partial charge is 0.373 e. The van der Waals surface area contributed by atoms with Crippen LogP contribution in [0.25, 0.3) is 10.9 Å². The minimum absolute atomic E-state index is 0.262. The smallest absolute Gasteiger partial charge is 0.149 e. The summed E-state index contributed by atoms with van der Waals surface area (Å²) in [5, 5.41) is 3.80. The molecule has 0 fully saturated rings. The summed E-state index contributed by atoms with van der Waals surface area (Å²) < 4.78 is 13.6. The van der Waals surface area contributed by atoms with Crippen LogP contribution in [0, 0.1) is 19.7 Å². The quantitative estimate of drug-likeness (QED) is 0.772. The van der Waals surface area contributed by atoms with E-state index in [4.69, 9.17) is 0 Å². The lowest BCUT2D eigenvalue weighted by Gasteiger charge is -2.07. The first-order valence-electron chi connectivity index (χ1n) is 4.87. The van der Waals surface area contributed by atoms with E-state index in [0.717, 1.165) is 22.3 Å². The van der Waals surface area contributed by atoms with E-state index >= 15 is 0 Å². The maximum atomic E-state index is 13.6. The molecule has 0 spiro atoms. The van der Waals surface area contributed by atoms with Crippen molar-refractivity contribution in [2.75, 3.05) is 12.4 Å². The zero-order valence-electron chi connectivity index (χ0n) is 9.06. The zero-order chi connectivity index (χ0) is 11.0. The van der Waals surface area contributed by atoms with Gasteiger partial charge in [0, 0.05) is 12.4 Å². The van der Waals surface area contributed by atoms with E-state index in [-0.39, 0.29) is 5.82 Å². The molecule has 3 heteroatoms. The van der Waals surface area contributed by atoms with Crippen LogP contribution in [0.2, 0.25) is 0 Å². The van der Waals surface area contributed by atoms with Gasteiger partial charge >= 0.3 is 0 Å². The number of hydrogen-bond donors (Lipinski definition) is 1. The molecule has 15 heavy (non-hydrogen) atoms. The first-order chi connectivity index (χ1) is 7.11. The number of hydrogen-bond acceptors (Lipinski definition) is 2. The van der Waals surface area contributed by atoms with Gasteiger partial charge in [-0.1, -0.05) is 0 Å². The second-order valence-corrected chi connectivity index (χ2v) is 3.72. The Balaban J connectivity index is 2.81. The molecule has 1 N–H and O–H groups in total. The molecule has 78 valence electrons. The molecular weight excluding hydrogens is 191 g/mol. The van der Waals surface area contributed by atoms with Crippen LogP contribution in [0.3, 0.4) is 0 Å². The number of nitrogens with one attached hydrogen (secondary N) is 1. The summed E-state index contributed by atoms with van der Waals surface area (Å²) in [5.74, 6) is 0.465. The average molecular weight is 204 g/mol. The first kappa shape index (κ1) is 9.90. The average Bonchev–Trinajstić information content (AvgIpc) is 2.16. The maximum Gasteiger partial charge on any atom is 0.149 e. The third-order valence-corrected chi connectivity index (χ3v) is 2.44. The molecule has 0 saturated heterocycles. The predicted molar refractivity (Wildman–Crippen MR) is 60.7 cm³/mol. The van der Waals surface area contributed by atoms with Gasteiger partial charge in [-0.15, -0.1) is 0 Å². The predicted octanol–water partition coefficient (Wildman–Crippen LogP) is 3.03. The highest BCUT2D eigenvalue weighted by atomic mass is 19.1. The number of pyridine rings is 1. The van der Waals surface area contributed by atoms with Crippen LogP contribution in [0.15, 0.2) is 18.2 Å². The van der Waals surface area contributed by atoms with Crippen LogP contribution in [0.5, 0.6) is 0 Å². The fraction of sp³-hybridized carbons (Fsp3) is 0.250.